The molecular formula is C14H12BrN3. The molecule has 1 aromatic heterocycles. The van der Waals surface area contributed by atoms with E-state index in [4.69, 9.17) is 5.26 Å². The zero-order valence-electron chi connectivity index (χ0n) is 9.94. The Balaban J connectivity index is 2.11. The Morgan fingerprint density at radius 2 is 2.17 bits per heavy atom. The number of benzene rings is 1. The van der Waals surface area contributed by atoms with Crippen LogP contribution >= 0.6 is 15.9 Å². The molecule has 0 saturated heterocycles. The number of halogens is 1. The van der Waals surface area contributed by atoms with Crippen molar-refractivity contribution >= 4 is 21.6 Å². The second-order valence-corrected chi connectivity index (χ2v) is 4.88. The Labute approximate surface area is 115 Å². The SMILES string of the molecule is Cc1ccc(CNc2ccc(Br)cc2C#N)cn1. The highest BCUT2D eigenvalue weighted by atomic mass is 79.9. The first kappa shape index (κ1) is 12.6. The number of nitriles is 1. The molecule has 0 amide bonds. The molecule has 2 aromatic rings. The molecule has 0 aliphatic heterocycles. The third kappa shape index (κ3) is 3.08. The van der Waals surface area contributed by atoms with Gasteiger partial charge in [0.1, 0.15) is 6.07 Å². The first-order chi connectivity index (χ1) is 8.69. The highest BCUT2D eigenvalue weighted by molar-refractivity contribution is 9.10. The molecule has 1 aromatic carbocycles. The van der Waals surface area contributed by atoms with E-state index >= 15 is 0 Å². The van der Waals surface area contributed by atoms with E-state index in [0.29, 0.717) is 12.1 Å². The summed E-state index contributed by atoms with van der Waals surface area (Å²) in [7, 11) is 0. The van der Waals surface area contributed by atoms with Gasteiger partial charge in [-0.2, -0.15) is 5.26 Å². The Bertz CT molecular complexity index is 585. The fourth-order valence-electron chi connectivity index (χ4n) is 1.56. The third-order valence-corrected chi connectivity index (χ3v) is 3.05. The summed E-state index contributed by atoms with van der Waals surface area (Å²) in [4.78, 5) is 4.24. The second kappa shape index (κ2) is 5.65. The summed E-state index contributed by atoms with van der Waals surface area (Å²) in [5, 5.41) is 12.3. The van der Waals surface area contributed by atoms with E-state index < -0.39 is 0 Å². The molecule has 90 valence electrons. The van der Waals surface area contributed by atoms with Crippen LogP contribution < -0.4 is 5.32 Å². The lowest BCUT2D eigenvalue weighted by molar-refractivity contribution is 1.08. The quantitative estimate of drug-likeness (QED) is 0.941. The van der Waals surface area contributed by atoms with Crippen molar-refractivity contribution in [1.29, 1.82) is 5.26 Å². The summed E-state index contributed by atoms with van der Waals surface area (Å²) in [6, 6.07) is 11.8. The van der Waals surface area contributed by atoms with Crippen LogP contribution in [0.2, 0.25) is 0 Å². The monoisotopic (exact) mass is 301 g/mol. The number of anilines is 1. The van der Waals surface area contributed by atoms with Crippen molar-refractivity contribution < 1.29 is 0 Å². The van der Waals surface area contributed by atoms with E-state index in [1.54, 1.807) is 6.07 Å². The van der Waals surface area contributed by atoms with Gasteiger partial charge in [0.05, 0.1) is 11.3 Å². The van der Waals surface area contributed by atoms with Gasteiger partial charge in [-0.25, -0.2) is 0 Å². The Morgan fingerprint density at radius 1 is 1.33 bits per heavy atom. The van der Waals surface area contributed by atoms with Crippen LogP contribution in [0.5, 0.6) is 0 Å². The molecule has 0 spiro atoms. The Morgan fingerprint density at radius 3 is 2.83 bits per heavy atom. The number of pyridine rings is 1. The third-order valence-electron chi connectivity index (χ3n) is 2.56. The lowest BCUT2D eigenvalue weighted by atomic mass is 10.2. The van der Waals surface area contributed by atoms with Gasteiger partial charge in [-0.3, -0.25) is 4.98 Å². The van der Waals surface area contributed by atoms with Gasteiger partial charge in [0.25, 0.3) is 0 Å². The first-order valence-electron chi connectivity index (χ1n) is 5.54. The van der Waals surface area contributed by atoms with E-state index in [0.717, 1.165) is 21.4 Å². The van der Waals surface area contributed by atoms with Crippen molar-refractivity contribution in [3.05, 3.63) is 57.8 Å². The molecule has 0 radical (unpaired) electrons. The number of nitrogens with one attached hydrogen (secondary N) is 1. The molecule has 0 aliphatic rings. The molecular weight excluding hydrogens is 290 g/mol. The number of hydrogen-bond acceptors (Lipinski definition) is 3. The van der Waals surface area contributed by atoms with Gasteiger partial charge in [0.2, 0.25) is 0 Å². The summed E-state index contributed by atoms with van der Waals surface area (Å²) in [6.45, 7) is 2.61. The van der Waals surface area contributed by atoms with Crippen molar-refractivity contribution in [3.63, 3.8) is 0 Å². The largest absolute Gasteiger partial charge is 0.380 e. The van der Waals surface area contributed by atoms with Crippen LogP contribution in [0, 0.1) is 18.3 Å². The molecule has 3 nitrogen and oxygen atoms in total. The maximum absolute atomic E-state index is 9.05. The fourth-order valence-corrected chi connectivity index (χ4v) is 1.92. The van der Waals surface area contributed by atoms with Crippen LogP contribution in [0.1, 0.15) is 16.8 Å². The fraction of sp³-hybridized carbons (Fsp3) is 0.143. The smallest absolute Gasteiger partial charge is 0.101 e. The summed E-state index contributed by atoms with van der Waals surface area (Å²) >= 11 is 3.35. The van der Waals surface area contributed by atoms with Crippen LogP contribution in [0.25, 0.3) is 0 Å². The van der Waals surface area contributed by atoms with Crippen molar-refractivity contribution in [2.75, 3.05) is 5.32 Å². The summed E-state index contributed by atoms with van der Waals surface area (Å²) < 4.78 is 0.904. The molecule has 0 fully saturated rings. The first-order valence-corrected chi connectivity index (χ1v) is 6.33. The van der Waals surface area contributed by atoms with Crippen LogP contribution in [-0.2, 0) is 6.54 Å². The predicted molar refractivity (Wildman–Crippen MR) is 75.2 cm³/mol. The minimum absolute atomic E-state index is 0.629. The summed E-state index contributed by atoms with van der Waals surface area (Å²) in [5.74, 6) is 0. The van der Waals surface area contributed by atoms with Gasteiger partial charge in [0, 0.05) is 22.9 Å². The summed E-state index contributed by atoms with van der Waals surface area (Å²) in [5.41, 5.74) is 3.55. The Hall–Kier alpha value is -1.86. The molecule has 0 bridgehead atoms. The Kier molecular flexibility index (Phi) is 3.96. The van der Waals surface area contributed by atoms with E-state index in [1.807, 2.05) is 37.4 Å². The van der Waals surface area contributed by atoms with Crippen molar-refractivity contribution in [3.8, 4) is 6.07 Å². The molecule has 2 rings (SSSR count). The van der Waals surface area contributed by atoms with Crippen LogP contribution in [-0.4, -0.2) is 4.98 Å². The number of aryl methyl sites for hydroxylation is 1. The maximum atomic E-state index is 9.05. The second-order valence-electron chi connectivity index (χ2n) is 3.96. The van der Waals surface area contributed by atoms with Crippen LogP contribution in [0.4, 0.5) is 5.69 Å². The molecule has 4 heteroatoms. The van der Waals surface area contributed by atoms with Gasteiger partial charge in [-0.05, 0) is 36.8 Å². The topological polar surface area (TPSA) is 48.7 Å². The van der Waals surface area contributed by atoms with E-state index in [1.165, 1.54) is 0 Å². The standard InChI is InChI=1S/C14H12BrN3/c1-10-2-3-11(8-17-10)9-18-14-5-4-13(15)6-12(14)7-16/h2-6,8,18H,9H2,1H3. The van der Waals surface area contributed by atoms with Gasteiger partial charge < -0.3 is 5.32 Å². The van der Waals surface area contributed by atoms with Gasteiger partial charge in [0.15, 0.2) is 0 Å². The summed E-state index contributed by atoms with van der Waals surface area (Å²) in [6.07, 6.45) is 1.84. The van der Waals surface area contributed by atoms with Gasteiger partial charge in [-0.15, -0.1) is 0 Å². The lowest BCUT2D eigenvalue weighted by Crippen LogP contribution is -2.01. The normalized spacial score (nSPS) is 9.83. The highest BCUT2D eigenvalue weighted by Gasteiger charge is 2.02. The number of nitrogens with zero attached hydrogens (tertiary/aromatic N) is 2. The maximum Gasteiger partial charge on any atom is 0.101 e. The average molecular weight is 302 g/mol. The van der Waals surface area contributed by atoms with Crippen LogP contribution in [0.3, 0.4) is 0 Å². The average Bonchev–Trinajstić information content (AvgIpc) is 2.39. The van der Waals surface area contributed by atoms with Crippen molar-refractivity contribution in [2.24, 2.45) is 0 Å². The van der Waals surface area contributed by atoms with Crippen molar-refractivity contribution in [2.45, 2.75) is 13.5 Å². The molecule has 0 atom stereocenters. The zero-order chi connectivity index (χ0) is 13.0. The number of hydrogen-bond donors (Lipinski definition) is 1. The highest BCUT2D eigenvalue weighted by Crippen LogP contribution is 2.20. The number of rotatable bonds is 3. The molecule has 1 N–H and O–H groups in total. The molecule has 18 heavy (non-hydrogen) atoms. The van der Waals surface area contributed by atoms with Crippen molar-refractivity contribution in [1.82, 2.24) is 4.98 Å². The molecule has 1 heterocycles. The van der Waals surface area contributed by atoms with Gasteiger partial charge >= 0.3 is 0 Å². The predicted octanol–water partition coefficient (Wildman–Crippen LogP) is 3.64. The van der Waals surface area contributed by atoms with Gasteiger partial charge in [-0.1, -0.05) is 22.0 Å². The van der Waals surface area contributed by atoms with E-state index in [9.17, 15) is 0 Å². The van der Waals surface area contributed by atoms with E-state index in [-0.39, 0.29) is 0 Å². The minimum Gasteiger partial charge on any atom is -0.380 e. The lowest BCUT2D eigenvalue weighted by Gasteiger charge is -2.08. The molecule has 0 saturated carbocycles. The number of aromatic nitrogens is 1. The van der Waals surface area contributed by atoms with Crippen LogP contribution in [0.15, 0.2) is 41.0 Å². The molecule has 0 aliphatic carbocycles. The van der Waals surface area contributed by atoms with E-state index in [2.05, 4.69) is 32.3 Å². The zero-order valence-corrected chi connectivity index (χ0v) is 11.5. The molecule has 0 unspecified atom stereocenters. The minimum atomic E-state index is 0.629.